The molecule has 11 heteroatoms. The summed E-state index contributed by atoms with van der Waals surface area (Å²) in [6.07, 6.45) is 3.31. The topological polar surface area (TPSA) is 78.5 Å². The minimum absolute atomic E-state index is 0.352. The van der Waals surface area contributed by atoms with E-state index in [9.17, 15) is 26.4 Å². The van der Waals surface area contributed by atoms with Crippen LogP contribution in [0.2, 0.25) is 0 Å². The first-order chi connectivity index (χ1) is 16.9. The molecule has 2 N–H and O–H groups in total. The van der Waals surface area contributed by atoms with Crippen molar-refractivity contribution in [3.63, 3.8) is 0 Å². The molecule has 6 nitrogen and oxygen atoms in total. The Labute approximate surface area is 215 Å². The number of nitrogens with zero attached hydrogens (tertiary/aromatic N) is 1. The molecule has 198 valence electrons. The molecule has 0 saturated heterocycles. The lowest BCUT2D eigenvalue weighted by atomic mass is 9.88. The molecule has 1 fully saturated rings. The van der Waals surface area contributed by atoms with E-state index < -0.39 is 43.6 Å². The van der Waals surface area contributed by atoms with Crippen LogP contribution in [0.3, 0.4) is 0 Å². The van der Waals surface area contributed by atoms with Crippen molar-refractivity contribution in [2.45, 2.75) is 54.9 Å². The number of halogens is 3. The highest BCUT2D eigenvalue weighted by molar-refractivity contribution is 7.99. The molecule has 0 bridgehead atoms. The van der Waals surface area contributed by atoms with Crippen molar-refractivity contribution in [1.29, 1.82) is 0 Å². The third kappa shape index (κ3) is 7.39. The Morgan fingerprint density at radius 1 is 1.08 bits per heavy atom. The predicted molar refractivity (Wildman–Crippen MR) is 136 cm³/mol. The summed E-state index contributed by atoms with van der Waals surface area (Å²) >= 11 is 1.41. The van der Waals surface area contributed by atoms with E-state index >= 15 is 0 Å². The number of hydrogen-bond donors (Lipinski definition) is 2. The van der Waals surface area contributed by atoms with Crippen molar-refractivity contribution in [3.05, 3.63) is 53.8 Å². The van der Waals surface area contributed by atoms with Crippen molar-refractivity contribution < 1.29 is 26.4 Å². The van der Waals surface area contributed by atoms with Crippen molar-refractivity contribution in [1.82, 2.24) is 9.62 Å². The standard InChI is InChI=1S/C25H32F3N3O3S2/c1-25(11-4-5-12-25)24(32)30-36(33,34)20-14-21(27)23(22(28)15-20)29-18(10-13-31(2)3)16-35-19-8-6-17(26)7-9-19/h6-9,14-15,18,29H,4-5,10-13,16H2,1-3H3,(H,30,32)/t18-/m1/s1. The van der Waals surface area contributed by atoms with Gasteiger partial charge in [0.15, 0.2) is 11.6 Å². The van der Waals surface area contributed by atoms with Gasteiger partial charge in [-0.25, -0.2) is 26.3 Å². The van der Waals surface area contributed by atoms with Crippen molar-refractivity contribution in [2.75, 3.05) is 31.7 Å². The van der Waals surface area contributed by atoms with Gasteiger partial charge in [-0.15, -0.1) is 11.8 Å². The van der Waals surface area contributed by atoms with E-state index in [1.165, 1.54) is 23.9 Å². The van der Waals surface area contributed by atoms with Crippen LogP contribution in [-0.2, 0) is 14.8 Å². The minimum atomic E-state index is -4.45. The summed E-state index contributed by atoms with van der Waals surface area (Å²) in [7, 11) is -0.685. The van der Waals surface area contributed by atoms with Crippen LogP contribution in [0.1, 0.15) is 39.0 Å². The van der Waals surface area contributed by atoms with Gasteiger partial charge in [0.05, 0.1) is 4.90 Å². The van der Waals surface area contributed by atoms with E-state index in [-0.39, 0.29) is 11.9 Å². The van der Waals surface area contributed by atoms with E-state index in [1.807, 2.05) is 23.7 Å². The molecule has 0 spiro atoms. The summed E-state index contributed by atoms with van der Waals surface area (Å²) in [6.45, 7) is 2.33. The smallest absolute Gasteiger partial charge is 0.264 e. The zero-order chi connectivity index (χ0) is 26.5. The van der Waals surface area contributed by atoms with Crippen LogP contribution < -0.4 is 10.0 Å². The molecule has 3 rings (SSSR count). The lowest BCUT2D eigenvalue weighted by Crippen LogP contribution is -2.40. The first-order valence-electron chi connectivity index (χ1n) is 11.8. The quantitative estimate of drug-likeness (QED) is 0.388. The second kappa shape index (κ2) is 11.9. The van der Waals surface area contributed by atoms with Gasteiger partial charge in [-0.2, -0.15) is 0 Å². The Morgan fingerprint density at radius 2 is 1.67 bits per heavy atom. The molecule has 0 heterocycles. The van der Waals surface area contributed by atoms with Gasteiger partial charge in [0.1, 0.15) is 11.5 Å². The highest BCUT2D eigenvalue weighted by atomic mass is 32.2. The van der Waals surface area contributed by atoms with Gasteiger partial charge in [-0.3, -0.25) is 4.79 Å². The molecule has 0 unspecified atom stereocenters. The number of carbonyl (C=O) groups is 1. The fourth-order valence-electron chi connectivity index (χ4n) is 4.07. The Balaban J connectivity index is 1.76. The molecular weight excluding hydrogens is 511 g/mol. The fourth-order valence-corrected chi connectivity index (χ4v) is 6.17. The summed E-state index contributed by atoms with van der Waals surface area (Å²) in [5.74, 6) is -2.72. The van der Waals surface area contributed by atoms with Gasteiger partial charge < -0.3 is 10.2 Å². The molecule has 1 aliphatic rings. The molecular formula is C25H32F3N3O3S2. The summed E-state index contributed by atoms with van der Waals surface area (Å²) in [4.78, 5) is 14.7. The minimum Gasteiger partial charge on any atom is -0.377 e. The van der Waals surface area contributed by atoms with Gasteiger partial charge in [0.2, 0.25) is 5.91 Å². The molecule has 1 aliphatic carbocycles. The molecule has 2 aromatic rings. The maximum absolute atomic E-state index is 15.0. The molecule has 2 aromatic carbocycles. The number of benzene rings is 2. The fraction of sp³-hybridized carbons (Fsp3) is 0.480. The number of carbonyl (C=O) groups excluding carboxylic acids is 1. The van der Waals surface area contributed by atoms with Crippen molar-refractivity contribution >= 4 is 33.4 Å². The summed E-state index contributed by atoms with van der Waals surface area (Å²) < 4.78 is 70.6. The summed E-state index contributed by atoms with van der Waals surface area (Å²) in [5.41, 5.74) is -1.25. The van der Waals surface area contributed by atoms with Crippen LogP contribution in [0.4, 0.5) is 18.9 Å². The van der Waals surface area contributed by atoms with E-state index in [2.05, 4.69) is 5.32 Å². The number of thioether (sulfide) groups is 1. The third-order valence-corrected chi connectivity index (χ3v) is 8.83. The zero-order valence-electron chi connectivity index (χ0n) is 20.6. The van der Waals surface area contributed by atoms with Crippen LogP contribution >= 0.6 is 11.8 Å². The van der Waals surface area contributed by atoms with Gasteiger partial charge in [-0.1, -0.05) is 19.8 Å². The maximum Gasteiger partial charge on any atom is 0.264 e. The first-order valence-corrected chi connectivity index (χ1v) is 14.2. The zero-order valence-corrected chi connectivity index (χ0v) is 22.2. The van der Waals surface area contributed by atoms with E-state index in [0.717, 1.165) is 17.7 Å². The highest BCUT2D eigenvalue weighted by Crippen LogP contribution is 2.38. The monoisotopic (exact) mass is 543 g/mol. The van der Waals surface area contributed by atoms with E-state index in [0.29, 0.717) is 43.7 Å². The second-order valence-electron chi connectivity index (χ2n) is 9.66. The van der Waals surface area contributed by atoms with Gasteiger partial charge in [0, 0.05) is 22.1 Å². The van der Waals surface area contributed by atoms with Gasteiger partial charge in [0.25, 0.3) is 10.0 Å². The number of sulfonamides is 1. The Morgan fingerprint density at radius 3 is 2.22 bits per heavy atom. The molecule has 1 amide bonds. The SMILES string of the molecule is CN(C)CC[C@H](CSc1ccc(F)cc1)Nc1c(F)cc(S(=O)(=O)NC(=O)C2(C)CCCC2)cc1F. The number of amides is 1. The second-order valence-corrected chi connectivity index (χ2v) is 12.4. The molecule has 1 saturated carbocycles. The highest BCUT2D eigenvalue weighted by Gasteiger charge is 2.38. The number of rotatable bonds is 11. The van der Waals surface area contributed by atoms with Crippen LogP contribution in [0.5, 0.6) is 0 Å². The summed E-state index contributed by atoms with van der Waals surface area (Å²) in [6, 6.07) is 7.01. The predicted octanol–water partition coefficient (Wildman–Crippen LogP) is 5.01. The first kappa shape index (κ1) is 28.3. The molecule has 0 radical (unpaired) electrons. The lowest BCUT2D eigenvalue weighted by molar-refractivity contribution is -0.127. The van der Waals surface area contributed by atoms with Crippen LogP contribution in [-0.4, -0.2) is 51.7 Å². The van der Waals surface area contributed by atoms with E-state index in [4.69, 9.17) is 0 Å². The number of anilines is 1. The largest absolute Gasteiger partial charge is 0.377 e. The number of nitrogens with one attached hydrogen (secondary N) is 2. The average Bonchev–Trinajstić information content (AvgIpc) is 3.26. The maximum atomic E-state index is 15.0. The molecule has 36 heavy (non-hydrogen) atoms. The van der Waals surface area contributed by atoms with Crippen LogP contribution in [0.25, 0.3) is 0 Å². The van der Waals surface area contributed by atoms with Crippen molar-refractivity contribution in [3.8, 4) is 0 Å². The van der Waals surface area contributed by atoms with Gasteiger partial charge >= 0.3 is 0 Å². The molecule has 0 aliphatic heterocycles. The van der Waals surface area contributed by atoms with Crippen LogP contribution in [0.15, 0.2) is 46.2 Å². The molecule has 0 aromatic heterocycles. The lowest BCUT2D eigenvalue weighted by Gasteiger charge is -2.23. The van der Waals surface area contributed by atoms with E-state index in [1.54, 1.807) is 19.1 Å². The summed E-state index contributed by atoms with van der Waals surface area (Å²) in [5, 5.41) is 2.87. The number of hydrogen-bond acceptors (Lipinski definition) is 6. The van der Waals surface area contributed by atoms with Crippen LogP contribution in [0, 0.1) is 22.9 Å². The average molecular weight is 544 g/mol. The van der Waals surface area contributed by atoms with Crippen molar-refractivity contribution in [2.24, 2.45) is 5.41 Å². The third-order valence-electron chi connectivity index (χ3n) is 6.35. The Bertz CT molecular complexity index is 1150. The van der Waals surface area contributed by atoms with Gasteiger partial charge in [-0.05, 0) is 76.3 Å². The normalized spacial score (nSPS) is 16.2. The Kier molecular flexibility index (Phi) is 9.34. The Hall–Kier alpha value is -2.24. The molecule has 1 atom stereocenters.